The van der Waals surface area contributed by atoms with E-state index in [1.807, 2.05) is 12.1 Å². The largest absolute Gasteiger partial charge is 0.0883 e. The van der Waals surface area contributed by atoms with Crippen molar-refractivity contribution in [2.24, 2.45) is 0 Å². The molecule has 0 aliphatic heterocycles. The number of allylic oxidation sites excluding steroid dienone is 3. The standard InChI is InChI=1S/C13H12Br/c14-10-4-3-6-12-9-8-11-5-1-2-7-13(11)12/h1-5,8-9,12H,6,10H2/b4-3+. The smallest absolute Gasteiger partial charge is 0.0212 e. The minimum absolute atomic E-state index is 0.529. The third-order valence-corrected chi connectivity index (χ3v) is 2.82. The highest BCUT2D eigenvalue weighted by Gasteiger charge is 2.14. The number of hydrogen-bond donors (Lipinski definition) is 0. The zero-order valence-electron chi connectivity index (χ0n) is 7.91. The van der Waals surface area contributed by atoms with Gasteiger partial charge in [-0.2, -0.15) is 0 Å². The predicted octanol–water partition coefficient (Wildman–Crippen LogP) is 3.94. The molecule has 1 aromatic rings. The fourth-order valence-corrected chi connectivity index (χ4v) is 2.01. The van der Waals surface area contributed by atoms with Crippen LogP contribution in [0, 0.1) is 6.07 Å². The Hall–Kier alpha value is -0.820. The van der Waals surface area contributed by atoms with Gasteiger partial charge in [-0.3, -0.25) is 0 Å². The number of fused-ring (bicyclic) bond motifs is 1. The molecule has 2 rings (SSSR count). The number of benzene rings is 1. The molecule has 14 heavy (non-hydrogen) atoms. The van der Waals surface area contributed by atoms with Crippen LogP contribution in [-0.4, -0.2) is 5.33 Å². The Morgan fingerprint density at radius 3 is 3.21 bits per heavy atom. The Labute approximate surface area is 93.5 Å². The SMILES string of the molecule is BrC/C=C/CC1C=Cc2ccc[c]c21. The van der Waals surface area contributed by atoms with E-state index in [-0.39, 0.29) is 0 Å². The van der Waals surface area contributed by atoms with E-state index in [1.165, 1.54) is 11.1 Å². The third-order valence-electron chi connectivity index (χ3n) is 2.45. The summed E-state index contributed by atoms with van der Waals surface area (Å²) in [5.41, 5.74) is 2.66. The second-order valence-corrected chi connectivity index (χ2v) is 4.01. The maximum atomic E-state index is 3.38. The minimum atomic E-state index is 0.529. The van der Waals surface area contributed by atoms with Crippen LogP contribution in [0.4, 0.5) is 0 Å². The number of halogens is 1. The van der Waals surface area contributed by atoms with E-state index in [0.717, 1.165) is 11.8 Å². The van der Waals surface area contributed by atoms with Crippen LogP contribution in [0.2, 0.25) is 0 Å². The van der Waals surface area contributed by atoms with Gasteiger partial charge in [0, 0.05) is 11.2 Å². The van der Waals surface area contributed by atoms with Crippen molar-refractivity contribution in [1.82, 2.24) is 0 Å². The Bertz CT molecular complexity index is 363. The number of hydrogen-bond acceptors (Lipinski definition) is 0. The predicted molar refractivity (Wildman–Crippen MR) is 64.6 cm³/mol. The highest BCUT2D eigenvalue weighted by Crippen LogP contribution is 2.31. The van der Waals surface area contributed by atoms with Gasteiger partial charge in [0.1, 0.15) is 0 Å². The van der Waals surface area contributed by atoms with Crippen LogP contribution in [0.15, 0.2) is 36.4 Å². The van der Waals surface area contributed by atoms with Crippen molar-refractivity contribution >= 4 is 22.0 Å². The Morgan fingerprint density at radius 2 is 2.36 bits per heavy atom. The van der Waals surface area contributed by atoms with E-state index >= 15 is 0 Å². The summed E-state index contributed by atoms with van der Waals surface area (Å²) in [7, 11) is 0. The first-order valence-electron chi connectivity index (χ1n) is 4.81. The average Bonchev–Trinajstić information content (AvgIpc) is 2.63. The molecule has 1 radical (unpaired) electrons. The maximum Gasteiger partial charge on any atom is 0.0212 e. The zero-order chi connectivity index (χ0) is 9.80. The minimum Gasteiger partial charge on any atom is -0.0883 e. The molecule has 1 aliphatic carbocycles. The quantitative estimate of drug-likeness (QED) is 0.561. The second kappa shape index (κ2) is 4.61. The average molecular weight is 248 g/mol. The van der Waals surface area contributed by atoms with Gasteiger partial charge in [-0.25, -0.2) is 0 Å². The molecule has 0 heterocycles. The van der Waals surface area contributed by atoms with Crippen LogP contribution in [0.3, 0.4) is 0 Å². The first-order chi connectivity index (χ1) is 6.92. The van der Waals surface area contributed by atoms with E-state index in [2.05, 4.69) is 52.4 Å². The van der Waals surface area contributed by atoms with Crippen molar-refractivity contribution in [2.45, 2.75) is 12.3 Å². The van der Waals surface area contributed by atoms with Crippen LogP contribution in [0.25, 0.3) is 6.08 Å². The molecule has 1 aromatic carbocycles. The molecule has 0 nitrogen and oxygen atoms in total. The van der Waals surface area contributed by atoms with Gasteiger partial charge in [-0.1, -0.05) is 58.4 Å². The summed E-state index contributed by atoms with van der Waals surface area (Å²) < 4.78 is 0. The lowest BCUT2D eigenvalue weighted by atomic mass is 9.98. The molecule has 0 saturated carbocycles. The molecule has 0 fully saturated rings. The first-order valence-corrected chi connectivity index (χ1v) is 5.93. The zero-order valence-corrected chi connectivity index (χ0v) is 9.50. The summed E-state index contributed by atoms with van der Waals surface area (Å²) in [4.78, 5) is 0. The van der Waals surface area contributed by atoms with Crippen molar-refractivity contribution in [3.63, 3.8) is 0 Å². The van der Waals surface area contributed by atoms with Crippen LogP contribution >= 0.6 is 15.9 Å². The van der Waals surface area contributed by atoms with Gasteiger partial charge in [0.2, 0.25) is 0 Å². The van der Waals surface area contributed by atoms with Crippen molar-refractivity contribution < 1.29 is 0 Å². The van der Waals surface area contributed by atoms with Gasteiger partial charge < -0.3 is 0 Å². The summed E-state index contributed by atoms with van der Waals surface area (Å²) in [5.74, 6) is 0.529. The highest BCUT2D eigenvalue weighted by molar-refractivity contribution is 9.09. The Balaban J connectivity index is 2.11. The molecule has 0 amide bonds. The van der Waals surface area contributed by atoms with Gasteiger partial charge >= 0.3 is 0 Å². The second-order valence-electron chi connectivity index (χ2n) is 3.37. The molecule has 0 bridgehead atoms. The lowest BCUT2D eigenvalue weighted by Gasteiger charge is -2.06. The highest BCUT2D eigenvalue weighted by atomic mass is 79.9. The van der Waals surface area contributed by atoms with Crippen molar-refractivity contribution in [3.8, 4) is 0 Å². The van der Waals surface area contributed by atoms with Crippen molar-refractivity contribution in [2.75, 3.05) is 5.33 Å². The van der Waals surface area contributed by atoms with Gasteiger partial charge in [-0.15, -0.1) is 0 Å². The van der Waals surface area contributed by atoms with Crippen LogP contribution in [0.1, 0.15) is 23.5 Å². The molecular formula is C13H12Br. The Morgan fingerprint density at radius 1 is 1.43 bits per heavy atom. The summed E-state index contributed by atoms with van der Waals surface area (Å²) in [6.45, 7) is 0. The molecule has 0 N–H and O–H groups in total. The summed E-state index contributed by atoms with van der Waals surface area (Å²) >= 11 is 3.38. The topological polar surface area (TPSA) is 0 Å². The fourth-order valence-electron chi connectivity index (χ4n) is 1.75. The molecule has 1 unspecified atom stereocenters. The summed E-state index contributed by atoms with van der Waals surface area (Å²) in [5, 5.41) is 0.939. The molecule has 1 atom stereocenters. The van der Waals surface area contributed by atoms with Crippen LogP contribution in [0.5, 0.6) is 0 Å². The van der Waals surface area contributed by atoms with Gasteiger partial charge in [0.15, 0.2) is 0 Å². The first kappa shape index (κ1) is 9.72. The monoisotopic (exact) mass is 247 g/mol. The molecule has 71 valence electrons. The lowest BCUT2D eigenvalue weighted by molar-refractivity contribution is 0.877. The van der Waals surface area contributed by atoms with Crippen molar-refractivity contribution in [1.29, 1.82) is 0 Å². The lowest BCUT2D eigenvalue weighted by Crippen LogP contribution is -1.91. The normalized spacial score (nSPS) is 19.1. The van der Waals surface area contributed by atoms with E-state index in [0.29, 0.717) is 5.92 Å². The van der Waals surface area contributed by atoms with Gasteiger partial charge in [0.05, 0.1) is 0 Å². The van der Waals surface area contributed by atoms with Crippen molar-refractivity contribution in [3.05, 3.63) is 53.6 Å². The molecule has 0 aromatic heterocycles. The molecule has 1 aliphatic rings. The summed E-state index contributed by atoms with van der Waals surface area (Å²) in [6.07, 6.45) is 9.91. The molecule has 0 spiro atoms. The van der Waals surface area contributed by atoms with Gasteiger partial charge in [-0.05, 0) is 23.6 Å². The van der Waals surface area contributed by atoms with Crippen LogP contribution < -0.4 is 0 Å². The number of rotatable bonds is 3. The van der Waals surface area contributed by atoms with Crippen LogP contribution in [-0.2, 0) is 0 Å². The summed E-state index contributed by atoms with van der Waals surface area (Å²) in [6, 6.07) is 9.50. The third kappa shape index (κ3) is 1.98. The fraction of sp³-hybridized carbons (Fsp3) is 0.231. The van der Waals surface area contributed by atoms with E-state index in [4.69, 9.17) is 0 Å². The van der Waals surface area contributed by atoms with Gasteiger partial charge in [0.25, 0.3) is 0 Å². The molecular weight excluding hydrogens is 236 g/mol. The van der Waals surface area contributed by atoms with E-state index in [1.54, 1.807) is 0 Å². The van der Waals surface area contributed by atoms with E-state index in [9.17, 15) is 0 Å². The molecule has 1 heteroatoms. The van der Waals surface area contributed by atoms with E-state index < -0.39 is 0 Å². The molecule has 0 saturated heterocycles. The maximum absolute atomic E-state index is 3.38. The number of alkyl halides is 1. The Kier molecular flexibility index (Phi) is 3.20.